The van der Waals surface area contributed by atoms with E-state index in [1.54, 1.807) is 6.92 Å². The Hall–Kier alpha value is -3.16. The molecular weight excluding hydrogens is 450 g/mol. The van der Waals surface area contributed by atoms with E-state index in [0.29, 0.717) is 11.3 Å². The van der Waals surface area contributed by atoms with Crippen LogP contribution in [0.25, 0.3) is 0 Å². The largest absolute Gasteiger partial charge is 0.435 e. The van der Waals surface area contributed by atoms with Crippen molar-refractivity contribution in [2.24, 2.45) is 5.10 Å². The minimum Gasteiger partial charge on any atom is -0.435 e. The van der Waals surface area contributed by atoms with Crippen LogP contribution in [0.1, 0.15) is 12.5 Å². The lowest BCUT2D eigenvalue weighted by Gasteiger charge is -2.26. The number of non-ortho nitro benzene ring substituents is 1. The highest BCUT2D eigenvalue weighted by Gasteiger charge is 2.30. The van der Waals surface area contributed by atoms with Gasteiger partial charge in [-0.3, -0.25) is 15.5 Å². The van der Waals surface area contributed by atoms with Crippen LogP contribution in [0.2, 0.25) is 0 Å². The number of hydrogen-bond donors (Lipinski definition) is 1. The lowest BCUT2D eigenvalue weighted by atomic mass is 10.1. The molecule has 0 aliphatic carbocycles. The van der Waals surface area contributed by atoms with E-state index < -0.39 is 21.6 Å². The predicted molar refractivity (Wildman–Crippen MR) is 112 cm³/mol. The number of hydrazone groups is 1. The van der Waals surface area contributed by atoms with Crippen molar-refractivity contribution < 1.29 is 31.6 Å². The van der Waals surface area contributed by atoms with Gasteiger partial charge in [0, 0.05) is 25.2 Å². The summed E-state index contributed by atoms with van der Waals surface area (Å²) in [7, 11) is -4.05. The summed E-state index contributed by atoms with van der Waals surface area (Å²) >= 11 is 0. The van der Waals surface area contributed by atoms with E-state index >= 15 is 0 Å². The van der Waals surface area contributed by atoms with Gasteiger partial charge in [0.05, 0.1) is 29.5 Å². The van der Waals surface area contributed by atoms with Crippen LogP contribution in [0.5, 0.6) is 5.75 Å². The van der Waals surface area contributed by atoms with E-state index in [-0.39, 0.29) is 48.3 Å². The summed E-state index contributed by atoms with van der Waals surface area (Å²) in [6.07, 6.45) is 0. The zero-order valence-corrected chi connectivity index (χ0v) is 17.7. The molecule has 1 aliphatic rings. The minimum absolute atomic E-state index is 0.0150. The standard InChI is InChI=1S/C19H20F2N4O6S/c1-13(14-2-5-16(6-3-14)31-19(20)21)22-23-17-7-4-15(25(26)27)12-18(17)32(28,29)24-8-10-30-11-9-24/h2-7,12,19,23H,8-11H2,1H3. The molecule has 32 heavy (non-hydrogen) atoms. The predicted octanol–water partition coefficient (Wildman–Crippen LogP) is 3.05. The number of rotatable bonds is 8. The summed E-state index contributed by atoms with van der Waals surface area (Å²) in [6.45, 7) is -0.623. The van der Waals surface area contributed by atoms with Gasteiger partial charge in [0.2, 0.25) is 10.0 Å². The number of halogens is 2. The van der Waals surface area contributed by atoms with Crippen molar-refractivity contribution >= 4 is 27.1 Å². The number of nitro groups is 1. The maximum atomic E-state index is 13.1. The molecular formula is C19H20F2N4O6S. The van der Waals surface area contributed by atoms with Gasteiger partial charge in [0.1, 0.15) is 10.6 Å². The minimum atomic E-state index is -4.05. The number of nitro benzene ring substituents is 1. The molecule has 2 aromatic carbocycles. The number of ether oxygens (including phenoxy) is 2. The number of hydrogen-bond acceptors (Lipinski definition) is 8. The Balaban J connectivity index is 1.89. The first-order chi connectivity index (χ1) is 15.2. The third kappa shape index (κ3) is 5.55. The van der Waals surface area contributed by atoms with Crippen LogP contribution < -0.4 is 10.2 Å². The van der Waals surface area contributed by atoms with Gasteiger partial charge in [-0.2, -0.15) is 18.2 Å². The normalized spacial score (nSPS) is 15.6. The molecule has 1 fully saturated rings. The van der Waals surface area contributed by atoms with Crippen molar-refractivity contribution in [1.82, 2.24) is 4.31 Å². The third-order valence-corrected chi connectivity index (χ3v) is 6.54. The Bertz CT molecular complexity index is 1100. The molecule has 10 nitrogen and oxygen atoms in total. The zero-order chi connectivity index (χ0) is 23.3. The fourth-order valence-electron chi connectivity index (χ4n) is 2.94. The summed E-state index contributed by atoms with van der Waals surface area (Å²) in [5, 5.41) is 15.3. The number of sulfonamides is 1. The van der Waals surface area contributed by atoms with Crippen LogP contribution in [-0.2, 0) is 14.8 Å². The first kappa shape index (κ1) is 23.5. The number of nitrogens with one attached hydrogen (secondary N) is 1. The number of morpholine rings is 1. The summed E-state index contributed by atoms with van der Waals surface area (Å²) < 4.78 is 61.4. The van der Waals surface area contributed by atoms with Crippen molar-refractivity contribution in [3.8, 4) is 5.75 Å². The molecule has 2 aromatic rings. The Morgan fingerprint density at radius 2 is 1.88 bits per heavy atom. The van der Waals surface area contributed by atoms with Gasteiger partial charge in [-0.15, -0.1) is 0 Å². The summed E-state index contributed by atoms with van der Waals surface area (Å²) in [5.41, 5.74) is 3.31. The lowest BCUT2D eigenvalue weighted by molar-refractivity contribution is -0.385. The highest BCUT2D eigenvalue weighted by atomic mass is 32.2. The second kappa shape index (κ2) is 9.97. The van der Waals surface area contributed by atoms with Gasteiger partial charge in [0.25, 0.3) is 5.69 Å². The monoisotopic (exact) mass is 470 g/mol. The topological polar surface area (TPSA) is 123 Å². The van der Waals surface area contributed by atoms with Crippen LogP contribution in [-0.4, -0.2) is 56.3 Å². The molecule has 0 unspecified atom stereocenters. The van der Waals surface area contributed by atoms with Crippen LogP contribution in [0, 0.1) is 10.1 Å². The Labute approximate surface area is 182 Å². The molecule has 0 atom stereocenters. The highest BCUT2D eigenvalue weighted by molar-refractivity contribution is 7.89. The molecule has 13 heteroatoms. The van der Waals surface area contributed by atoms with E-state index in [4.69, 9.17) is 4.74 Å². The molecule has 0 bridgehead atoms. The van der Waals surface area contributed by atoms with Gasteiger partial charge in [-0.05, 0) is 42.8 Å². The van der Waals surface area contributed by atoms with E-state index in [2.05, 4.69) is 15.3 Å². The molecule has 1 aliphatic heterocycles. The molecule has 3 rings (SSSR count). The molecule has 0 aromatic heterocycles. The molecule has 0 spiro atoms. The summed E-state index contributed by atoms with van der Waals surface area (Å²) in [4.78, 5) is 10.2. The van der Waals surface area contributed by atoms with Crippen molar-refractivity contribution in [3.05, 3.63) is 58.1 Å². The van der Waals surface area contributed by atoms with Crippen LogP contribution in [0.3, 0.4) is 0 Å². The average Bonchev–Trinajstić information content (AvgIpc) is 2.78. The van der Waals surface area contributed by atoms with E-state index in [1.807, 2.05) is 0 Å². The van der Waals surface area contributed by atoms with Gasteiger partial charge >= 0.3 is 6.61 Å². The Morgan fingerprint density at radius 1 is 1.22 bits per heavy atom. The average molecular weight is 470 g/mol. The quantitative estimate of drug-likeness (QED) is 0.357. The number of alkyl halides is 2. The van der Waals surface area contributed by atoms with Gasteiger partial charge in [0.15, 0.2) is 0 Å². The van der Waals surface area contributed by atoms with Crippen LogP contribution >= 0.6 is 0 Å². The maximum absolute atomic E-state index is 13.1. The summed E-state index contributed by atoms with van der Waals surface area (Å²) in [6, 6.07) is 9.14. The van der Waals surface area contributed by atoms with E-state index in [0.717, 1.165) is 6.07 Å². The fraction of sp³-hybridized carbons (Fsp3) is 0.316. The van der Waals surface area contributed by atoms with E-state index in [9.17, 15) is 27.3 Å². The number of anilines is 1. The van der Waals surface area contributed by atoms with Crippen molar-refractivity contribution in [1.29, 1.82) is 0 Å². The SMILES string of the molecule is CC(=NNc1ccc([N+](=O)[O-])cc1S(=O)(=O)N1CCOCC1)c1ccc(OC(F)F)cc1. The maximum Gasteiger partial charge on any atom is 0.387 e. The van der Waals surface area contributed by atoms with E-state index in [1.165, 1.54) is 40.7 Å². The Kier molecular flexibility index (Phi) is 7.33. The molecule has 0 amide bonds. The number of benzene rings is 2. The second-order valence-electron chi connectivity index (χ2n) is 6.67. The summed E-state index contributed by atoms with van der Waals surface area (Å²) in [5.74, 6) is -0.0150. The van der Waals surface area contributed by atoms with Crippen molar-refractivity contribution in [2.45, 2.75) is 18.4 Å². The molecule has 1 heterocycles. The van der Waals surface area contributed by atoms with Crippen LogP contribution in [0.4, 0.5) is 20.2 Å². The zero-order valence-electron chi connectivity index (χ0n) is 16.9. The van der Waals surface area contributed by atoms with Gasteiger partial charge in [-0.25, -0.2) is 8.42 Å². The number of nitrogens with zero attached hydrogens (tertiary/aromatic N) is 3. The smallest absolute Gasteiger partial charge is 0.387 e. The first-order valence-electron chi connectivity index (χ1n) is 9.40. The van der Waals surface area contributed by atoms with Gasteiger partial charge < -0.3 is 9.47 Å². The molecule has 1 N–H and O–H groups in total. The van der Waals surface area contributed by atoms with Crippen molar-refractivity contribution in [3.63, 3.8) is 0 Å². The molecule has 0 saturated carbocycles. The molecule has 172 valence electrons. The fourth-order valence-corrected chi connectivity index (χ4v) is 4.51. The lowest BCUT2D eigenvalue weighted by Crippen LogP contribution is -2.40. The Morgan fingerprint density at radius 3 is 2.47 bits per heavy atom. The third-order valence-electron chi connectivity index (χ3n) is 4.61. The van der Waals surface area contributed by atoms with Gasteiger partial charge in [-0.1, -0.05) is 0 Å². The first-order valence-corrected chi connectivity index (χ1v) is 10.8. The van der Waals surface area contributed by atoms with Crippen LogP contribution in [0.15, 0.2) is 52.5 Å². The van der Waals surface area contributed by atoms with Crippen molar-refractivity contribution in [2.75, 3.05) is 31.7 Å². The molecule has 1 saturated heterocycles. The highest BCUT2D eigenvalue weighted by Crippen LogP contribution is 2.29. The molecule has 0 radical (unpaired) electrons. The second-order valence-corrected chi connectivity index (χ2v) is 8.57.